The van der Waals surface area contributed by atoms with Gasteiger partial charge in [-0.15, -0.1) is 22.7 Å². The van der Waals surface area contributed by atoms with Crippen LogP contribution in [0.4, 0.5) is 5.82 Å². The van der Waals surface area contributed by atoms with Crippen molar-refractivity contribution < 1.29 is 8.42 Å². The number of thiophene rings is 1. The molecule has 0 amide bonds. The fraction of sp³-hybridized carbons (Fsp3) is 0.182. The van der Waals surface area contributed by atoms with Crippen molar-refractivity contribution in [3.05, 3.63) is 32.4 Å². The molecule has 0 aromatic carbocycles. The lowest BCUT2D eigenvalue weighted by Gasteiger charge is -2.07. The van der Waals surface area contributed by atoms with E-state index in [0.717, 1.165) is 9.35 Å². The van der Waals surface area contributed by atoms with E-state index in [1.165, 1.54) is 22.7 Å². The van der Waals surface area contributed by atoms with Gasteiger partial charge in [0.2, 0.25) is 0 Å². The second kappa shape index (κ2) is 5.69. The van der Waals surface area contributed by atoms with E-state index in [2.05, 4.69) is 31.0 Å². The zero-order valence-electron chi connectivity index (χ0n) is 10.8. The number of aromatic nitrogens is 2. The van der Waals surface area contributed by atoms with Gasteiger partial charge in [0.1, 0.15) is 0 Å². The van der Waals surface area contributed by atoms with E-state index in [1.54, 1.807) is 23.0 Å². The largest absolute Gasteiger partial charge is 0.371 e. The number of nitrogens with one attached hydrogen (secondary N) is 2. The number of fused-ring (bicyclic) bond motifs is 1. The third-order valence-electron chi connectivity index (χ3n) is 2.82. The fourth-order valence-corrected chi connectivity index (χ4v) is 5.44. The lowest BCUT2D eigenvalue weighted by Crippen LogP contribution is -2.25. The lowest BCUT2D eigenvalue weighted by atomic mass is 10.5. The Bertz CT molecular complexity index is 880. The molecule has 3 aromatic rings. The van der Waals surface area contributed by atoms with Crippen LogP contribution in [0.3, 0.4) is 0 Å². The van der Waals surface area contributed by atoms with Gasteiger partial charge in [-0.3, -0.25) is 4.40 Å². The molecule has 10 heteroatoms. The quantitative estimate of drug-likeness (QED) is 0.682. The van der Waals surface area contributed by atoms with Crippen LogP contribution in [0.25, 0.3) is 4.96 Å². The van der Waals surface area contributed by atoms with Gasteiger partial charge in [0, 0.05) is 34.5 Å². The van der Waals surface area contributed by atoms with Gasteiger partial charge in [0.25, 0.3) is 10.0 Å². The first-order valence-electron chi connectivity index (χ1n) is 5.88. The van der Waals surface area contributed by atoms with Crippen LogP contribution in [-0.2, 0) is 16.6 Å². The molecule has 6 nitrogen and oxygen atoms in total. The molecule has 0 spiro atoms. The molecule has 0 bridgehead atoms. The van der Waals surface area contributed by atoms with Crippen LogP contribution < -0.4 is 10.0 Å². The predicted octanol–water partition coefficient (Wildman–Crippen LogP) is 2.74. The summed E-state index contributed by atoms with van der Waals surface area (Å²) in [5.41, 5.74) is 0. The standard InChI is InChI=1S/C11H11BrN4O2S3/c1-13-9-10(16-3-5-20-11(16)15-9)21(17,18)14-6-8-7(12)2-4-19-8/h2-5,13-14H,6H2,1H3. The number of anilines is 1. The Morgan fingerprint density at radius 2 is 2.19 bits per heavy atom. The molecule has 3 heterocycles. The number of halogens is 1. The van der Waals surface area contributed by atoms with Crippen LogP contribution in [0, 0.1) is 0 Å². The number of nitrogens with zero attached hydrogens (tertiary/aromatic N) is 2. The van der Waals surface area contributed by atoms with E-state index in [-0.39, 0.29) is 11.6 Å². The molecular weight excluding hydrogens is 396 g/mol. The van der Waals surface area contributed by atoms with Gasteiger partial charge in [0.15, 0.2) is 15.8 Å². The maximum absolute atomic E-state index is 12.6. The van der Waals surface area contributed by atoms with Crippen LogP contribution in [0.5, 0.6) is 0 Å². The molecule has 3 aromatic heterocycles. The molecule has 0 unspecified atom stereocenters. The van der Waals surface area contributed by atoms with Gasteiger partial charge in [-0.25, -0.2) is 18.1 Å². The third kappa shape index (κ3) is 2.73. The van der Waals surface area contributed by atoms with E-state index in [0.29, 0.717) is 10.8 Å². The van der Waals surface area contributed by atoms with Crippen LogP contribution >= 0.6 is 38.6 Å². The predicted molar refractivity (Wildman–Crippen MR) is 88.7 cm³/mol. The number of rotatable bonds is 5. The minimum Gasteiger partial charge on any atom is -0.371 e. The summed E-state index contributed by atoms with van der Waals surface area (Å²) >= 11 is 6.27. The monoisotopic (exact) mass is 406 g/mol. The first kappa shape index (κ1) is 15.0. The number of imidazole rings is 1. The Labute approximate surface area is 138 Å². The summed E-state index contributed by atoms with van der Waals surface area (Å²) in [5, 5.41) is 6.67. The van der Waals surface area contributed by atoms with Gasteiger partial charge in [-0.05, 0) is 27.4 Å². The Morgan fingerprint density at radius 3 is 2.86 bits per heavy atom. The lowest BCUT2D eigenvalue weighted by molar-refractivity contribution is 0.577. The zero-order valence-corrected chi connectivity index (χ0v) is 14.9. The minimum absolute atomic E-state index is 0.133. The number of hydrogen-bond acceptors (Lipinski definition) is 6. The summed E-state index contributed by atoms with van der Waals surface area (Å²) in [5.74, 6) is 0.347. The second-order valence-corrected chi connectivity index (χ2v) is 8.50. The van der Waals surface area contributed by atoms with Gasteiger partial charge < -0.3 is 5.32 Å². The van der Waals surface area contributed by atoms with Crippen molar-refractivity contribution in [2.24, 2.45) is 0 Å². The van der Waals surface area contributed by atoms with Gasteiger partial charge in [-0.1, -0.05) is 0 Å². The molecule has 0 radical (unpaired) electrons. The van der Waals surface area contributed by atoms with Crippen molar-refractivity contribution in [3.8, 4) is 0 Å². The molecular formula is C11H11BrN4O2S3. The number of hydrogen-bond donors (Lipinski definition) is 2. The second-order valence-electron chi connectivity index (χ2n) is 4.09. The van der Waals surface area contributed by atoms with E-state index >= 15 is 0 Å². The highest BCUT2D eigenvalue weighted by molar-refractivity contribution is 9.10. The topological polar surface area (TPSA) is 75.5 Å². The molecule has 0 aliphatic rings. The third-order valence-corrected chi connectivity index (χ3v) is 6.93. The van der Waals surface area contributed by atoms with Gasteiger partial charge in [0.05, 0.1) is 0 Å². The van der Waals surface area contributed by atoms with Gasteiger partial charge in [-0.2, -0.15) is 0 Å². The van der Waals surface area contributed by atoms with Crippen molar-refractivity contribution in [2.45, 2.75) is 11.6 Å². The maximum atomic E-state index is 12.6. The highest BCUT2D eigenvalue weighted by Gasteiger charge is 2.25. The molecule has 0 fully saturated rings. The van der Waals surface area contributed by atoms with Crippen molar-refractivity contribution in [1.29, 1.82) is 0 Å². The summed E-state index contributed by atoms with van der Waals surface area (Å²) in [6.07, 6.45) is 1.70. The van der Waals surface area contributed by atoms with Crippen LogP contribution in [0.2, 0.25) is 0 Å². The van der Waals surface area contributed by atoms with Crippen LogP contribution in [-0.4, -0.2) is 24.9 Å². The van der Waals surface area contributed by atoms with E-state index in [4.69, 9.17) is 0 Å². The summed E-state index contributed by atoms with van der Waals surface area (Å²) in [4.78, 5) is 5.83. The number of sulfonamides is 1. The normalized spacial score (nSPS) is 12.1. The maximum Gasteiger partial charge on any atom is 0.260 e. The van der Waals surface area contributed by atoms with Gasteiger partial charge >= 0.3 is 0 Å². The average molecular weight is 407 g/mol. The van der Waals surface area contributed by atoms with Crippen molar-refractivity contribution >= 4 is 59.4 Å². The summed E-state index contributed by atoms with van der Waals surface area (Å²) in [6.45, 7) is 0.237. The smallest absolute Gasteiger partial charge is 0.260 e. The summed E-state index contributed by atoms with van der Waals surface area (Å²) in [6, 6.07) is 1.89. The van der Waals surface area contributed by atoms with Crippen LogP contribution in [0.15, 0.2) is 32.5 Å². The molecule has 3 rings (SSSR count). The minimum atomic E-state index is -3.67. The summed E-state index contributed by atoms with van der Waals surface area (Å²) < 4.78 is 30.2. The Kier molecular flexibility index (Phi) is 4.06. The Hall–Kier alpha value is -0.940. The highest BCUT2D eigenvalue weighted by Crippen LogP contribution is 2.26. The van der Waals surface area contributed by atoms with Crippen molar-refractivity contribution in [2.75, 3.05) is 12.4 Å². The molecule has 2 N–H and O–H groups in total. The van der Waals surface area contributed by atoms with Crippen molar-refractivity contribution in [3.63, 3.8) is 0 Å². The molecule has 0 aliphatic heterocycles. The first-order chi connectivity index (χ1) is 10.0. The number of thiazole rings is 1. The van der Waals surface area contributed by atoms with Crippen molar-refractivity contribution in [1.82, 2.24) is 14.1 Å². The van der Waals surface area contributed by atoms with E-state index in [9.17, 15) is 8.42 Å². The Balaban J connectivity index is 1.96. The van der Waals surface area contributed by atoms with E-state index in [1.807, 2.05) is 11.4 Å². The molecule has 0 atom stereocenters. The first-order valence-corrected chi connectivity index (χ1v) is 9.91. The molecule has 21 heavy (non-hydrogen) atoms. The molecule has 0 saturated heterocycles. The highest BCUT2D eigenvalue weighted by atomic mass is 79.9. The zero-order chi connectivity index (χ0) is 15.0. The average Bonchev–Trinajstić information content (AvgIpc) is 3.10. The molecule has 0 aliphatic carbocycles. The SMILES string of the molecule is CNc1nc2sccn2c1S(=O)(=O)NCc1sccc1Br. The summed E-state index contributed by atoms with van der Waals surface area (Å²) in [7, 11) is -2.01. The molecule has 0 saturated carbocycles. The molecule has 112 valence electrons. The fourth-order valence-electron chi connectivity index (χ4n) is 1.86. The Morgan fingerprint density at radius 1 is 1.38 bits per heavy atom. The van der Waals surface area contributed by atoms with E-state index < -0.39 is 10.0 Å². The van der Waals surface area contributed by atoms with Crippen LogP contribution in [0.1, 0.15) is 4.88 Å².